The Kier molecular flexibility index (Phi) is 3.65. The van der Waals surface area contributed by atoms with Crippen molar-refractivity contribution >= 4 is 33.2 Å². The Bertz CT molecular complexity index is 482. The molecule has 0 amide bonds. The Balaban J connectivity index is 2.87. The molecule has 0 aliphatic heterocycles. The number of rotatable bonds is 3. The van der Waals surface area contributed by atoms with Crippen LogP contribution < -0.4 is 0 Å². The van der Waals surface area contributed by atoms with Crippen molar-refractivity contribution in [3.8, 4) is 0 Å². The van der Waals surface area contributed by atoms with Crippen molar-refractivity contribution in [1.82, 2.24) is 0 Å². The number of thiophene rings is 1. The molecule has 1 aromatic rings. The van der Waals surface area contributed by atoms with Gasteiger partial charge < -0.3 is 4.74 Å². The van der Waals surface area contributed by atoms with Crippen molar-refractivity contribution in [2.75, 3.05) is 13.4 Å². The van der Waals surface area contributed by atoms with E-state index in [0.29, 0.717) is 4.88 Å². The van der Waals surface area contributed by atoms with Crippen LogP contribution in [0.25, 0.3) is 6.08 Å². The van der Waals surface area contributed by atoms with Gasteiger partial charge in [0.05, 0.1) is 12.0 Å². The van der Waals surface area contributed by atoms with Gasteiger partial charge in [-0.3, -0.25) is 0 Å². The predicted octanol–water partition coefficient (Wildman–Crippen LogP) is 1.34. The molecular formula is C9H10O4S2. The molecule has 0 aliphatic carbocycles. The third kappa shape index (κ3) is 3.49. The maximum atomic E-state index is 11.1. The Morgan fingerprint density at radius 1 is 1.53 bits per heavy atom. The zero-order valence-corrected chi connectivity index (χ0v) is 9.89. The average Bonchev–Trinajstić information content (AvgIpc) is 2.61. The Hall–Kier alpha value is -1.14. The summed E-state index contributed by atoms with van der Waals surface area (Å²) in [5.74, 6) is -0.468. The van der Waals surface area contributed by atoms with Gasteiger partial charge in [-0.05, 0) is 12.1 Å². The molecule has 0 saturated carbocycles. The fourth-order valence-corrected chi connectivity index (χ4v) is 2.76. The minimum absolute atomic E-state index is 0.261. The van der Waals surface area contributed by atoms with Gasteiger partial charge in [-0.15, -0.1) is 11.3 Å². The van der Waals surface area contributed by atoms with E-state index in [1.165, 1.54) is 42.0 Å². The Morgan fingerprint density at radius 3 is 2.67 bits per heavy atom. The molecule has 0 aliphatic rings. The largest absolute Gasteiger partial charge is 0.466 e. The average molecular weight is 246 g/mol. The molecule has 15 heavy (non-hydrogen) atoms. The van der Waals surface area contributed by atoms with Gasteiger partial charge in [0, 0.05) is 22.6 Å². The fourth-order valence-electron chi connectivity index (χ4n) is 0.834. The van der Waals surface area contributed by atoms with Gasteiger partial charge in [-0.2, -0.15) is 0 Å². The first-order valence-electron chi connectivity index (χ1n) is 3.98. The van der Waals surface area contributed by atoms with Crippen LogP contribution in [0.4, 0.5) is 0 Å². The van der Waals surface area contributed by atoms with Gasteiger partial charge in [-0.25, -0.2) is 13.2 Å². The summed E-state index contributed by atoms with van der Waals surface area (Å²) in [6, 6.07) is 1.51. The molecule has 0 bridgehead atoms. The van der Waals surface area contributed by atoms with Crippen LogP contribution in [0.15, 0.2) is 22.4 Å². The summed E-state index contributed by atoms with van der Waals surface area (Å²) in [5, 5.41) is 1.53. The number of carbonyl (C=O) groups excluding carboxylic acids is 1. The number of esters is 1. The third-order valence-electron chi connectivity index (χ3n) is 1.61. The molecule has 0 fully saturated rings. The number of ether oxygens (including phenoxy) is 1. The van der Waals surface area contributed by atoms with E-state index in [9.17, 15) is 13.2 Å². The minimum atomic E-state index is -3.17. The van der Waals surface area contributed by atoms with Crippen LogP contribution in [0.2, 0.25) is 0 Å². The van der Waals surface area contributed by atoms with Crippen molar-refractivity contribution in [3.63, 3.8) is 0 Å². The van der Waals surface area contributed by atoms with E-state index in [2.05, 4.69) is 4.74 Å². The highest BCUT2D eigenvalue weighted by Crippen LogP contribution is 2.20. The summed E-state index contributed by atoms with van der Waals surface area (Å²) in [7, 11) is -1.88. The van der Waals surface area contributed by atoms with E-state index in [-0.39, 0.29) is 4.90 Å². The predicted molar refractivity (Wildman–Crippen MR) is 58.5 cm³/mol. The van der Waals surface area contributed by atoms with E-state index in [1.54, 1.807) is 0 Å². The van der Waals surface area contributed by atoms with E-state index in [0.717, 1.165) is 6.26 Å². The highest BCUT2D eigenvalue weighted by atomic mass is 32.2. The summed E-state index contributed by atoms with van der Waals surface area (Å²) >= 11 is 1.26. The van der Waals surface area contributed by atoms with E-state index < -0.39 is 15.8 Å². The monoisotopic (exact) mass is 246 g/mol. The highest BCUT2D eigenvalue weighted by molar-refractivity contribution is 7.90. The van der Waals surface area contributed by atoms with Gasteiger partial charge in [0.2, 0.25) is 0 Å². The minimum Gasteiger partial charge on any atom is -0.466 e. The smallest absolute Gasteiger partial charge is 0.330 e. The first kappa shape index (κ1) is 11.9. The molecule has 1 heterocycles. The molecule has 0 N–H and O–H groups in total. The molecule has 0 spiro atoms. The zero-order valence-electron chi connectivity index (χ0n) is 8.26. The molecule has 4 nitrogen and oxygen atoms in total. The summed E-state index contributed by atoms with van der Waals surface area (Å²) in [6.07, 6.45) is 3.91. The third-order valence-corrected chi connectivity index (χ3v) is 3.75. The molecule has 0 saturated heterocycles. The lowest BCUT2D eigenvalue weighted by atomic mass is 10.4. The highest BCUT2D eigenvalue weighted by Gasteiger charge is 2.08. The first-order valence-corrected chi connectivity index (χ1v) is 6.75. The number of sulfone groups is 1. The molecule has 0 unspecified atom stereocenters. The van der Waals surface area contributed by atoms with Crippen LogP contribution in [0.3, 0.4) is 0 Å². The van der Waals surface area contributed by atoms with Crippen molar-refractivity contribution < 1.29 is 17.9 Å². The molecule has 0 radical (unpaired) electrons. The van der Waals surface area contributed by atoms with Crippen LogP contribution in [0.1, 0.15) is 4.88 Å². The lowest BCUT2D eigenvalue weighted by Gasteiger charge is -1.89. The van der Waals surface area contributed by atoms with Crippen LogP contribution in [0, 0.1) is 0 Å². The summed E-state index contributed by atoms with van der Waals surface area (Å²) in [5.41, 5.74) is 0. The van der Waals surface area contributed by atoms with Crippen LogP contribution in [-0.2, 0) is 19.4 Å². The molecule has 1 aromatic heterocycles. The van der Waals surface area contributed by atoms with Gasteiger partial charge in [0.25, 0.3) is 0 Å². The SMILES string of the molecule is COC(=O)C=Cc1cc(S(C)(=O)=O)cs1. The lowest BCUT2D eigenvalue weighted by molar-refractivity contribution is -0.134. The Labute approximate surface area is 92.1 Å². The number of carbonyl (C=O) groups is 1. The standard InChI is InChI=1S/C9H10O4S2/c1-13-9(10)4-3-7-5-8(6-14-7)15(2,11)12/h3-6H,1-2H3. The van der Waals surface area contributed by atoms with Gasteiger partial charge in [0.15, 0.2) is 9.84 Å². The maximum Gasteiger partial charge on any atom is 0.330 e. The molecule has 6 heteroatoms. The van der Waals surface area contributed by atoms with E-state index in [1.807, 2.05) is 0 Å². The van der Waals surface area contributed by atoms with Crippen LogP contribution >= 0.6 is 11.3 Å². The number of hydrogen-bond acceptors (Lipinski definition) is 5. The lowest BCUT2D eigenvalue weighted by Crippen LogP contribution is -1.94. The molecule has 0 aromatic carbocycles. The summed E-state index contributed by atoms with van der Waals surface area (Å²) in [6.45, 7) is 0. The van der Waals surface area contributed by atoms with E-state index >= 15 is 0 Å². The second-order valence-electron chi connectivity index (χ2n) is 2.81. The second-order valence-corrected chi connectivity index (χ2v) is 5.77. The Morgan fingerprint density at radius 2 is 2.20 bits per heavy atom. The molecule has 0 atom stereocenters. The maximum absolute atomic E-state index is 11.1. The van der Waals surface area contributed by atoms with Crippen molar-refractivity contribution in [3.05, 3.63) is 22.4 Å². The van der Waals surface area contributed by atoms with Crippen LogP contribution in [-0.4, -0.2) is 27.8 Å². The van der Waals surface area contributed by atoms with Crippen molar-refractivity contribution in [2.45, 2.75) is 4.90 Å². The normalized spacial score (nSPS) is 11.9. The second kappa shape index (κ2) is 4.59. The zero-order chi connectivity index (χ0) is 11.5. The quantitative estimate of drug-likeness (QED) is 0.596. The number of hydrogen-bond donors (Lipinski definition) is 0. The topological polar surface area (TPSA) is 60.4 Å². The fraction of sp³-hybridized carbons (Fsp3) is 0.222. The van der Waals surface area contributed by atoms with E-state index in [4.69, 9.17) is 0 Å². The number of methoxy groups -OCH3 is 1. The van der Waals surface area contributed by atoms with Gasteiger partial charge in [-0.1, -0.05) is 0 Å². The first-order chi connectivity index (χ1) is 6.93. The summed E-state index contributed by atoms with van der Waals surface area (Å²) < 4.78 is 26.7. The van der Waals surface area contributed by atoms with Crippen LogP contribution in [0.5, 0.6) is 0 Å². The van der Waals surface area contributed by atoms with Gasteiger partial charge in [0.1, 0.15) is 0 Å². The van der Waals surface area contributed by atoms with Crippen molar-refractivity contribution in [1.29, 1.82) is 0 Å². The molecule has 82 valence electrons. The summed E-state index contributed by atoms with van der Waals surface area (Å²) in [4.78, 5) is 11.7. The van der Waals surface area contributed by atoms with Crippen molar-refractivity contribution in [2.24, 2.45) is 0 Å². The van der Waals surface area contributed by atoms with Gasteiger partial charge >= 0.3 is 5.97 Å². The molecule has 1 rings (SSSR count). The molecular weight excluding hydrogens is 236 g/mol.